The number of nitrogens with one attached hydrogen (secondary N) is 1. The van der Waals surface area contributed by atoms with Crippen molar-refractivity contribution in [3.63, 3.8) is 0 Å². The lowest BCUT2D eigenvalue weighted by atomic mass is 10.2. The molecule has 2 aromatic heterocycles. The van der Waals surface area contributed by atoms with Crippen molar-refractivity contribution in [3.8, 4) is 0 Å². The number of pyridine rings is 1. The van der Waals surface area contributed by atoms with Crippen molar-refractivity contribution in [3.05, 3.63) is 59.2 Å². The molecule has 0 aliphatic carbocycles. The molecule has 0 saturated heterocycles. The highest BCUT2D eigenvalue weighted by Gasteiger charge is 2.14. The quantitative estimate of drug-likeness (QED) is 0.684. The summed E-state index contributed by atoms with van der Waals surface area (Å²) in [5.74, 6) is 0.675. The minimum atomic E-state index is -0.211. The molecule has 0 amide bonds. The number of hydrogen-bond acceptors (Lipinski definition) is 2. The van der Waals surface area contributed by atoms with Crippen LogP contribution in [-0.2, 0) is 13.1 Å². The summed E-state index contributed by atoms with van der Waals surface area (Å²) in [6.45, 7) is 8.11. The fraction of sp³-hybridized carbons (Fsp3) is 0.316. The Balaban J connectivity index is 0.00000208. The first-order valence-electron chi connectivity index (χ1n) is 8.04. The van der Waals surface area contributed by atoms with Crippen LogP contribution in [0.2, 0.25) is 0 Å². The molecule has 0 aliphatic heterocycles. The van der Waals surface area contributed by atoms with Crippen LogP contribution in [0.5, 0.6) is 0 Å². The van der Waals surface area contributed by atoms with Gasteiger partial charge in [0.25, 0.3) is 0 Å². The zero-order valence-electron chi connectivity index (χ0n) is 14.3. The van der Waals surface area contributed by atoms with Crippen LogP contribution in [0.25, 0.3) is 10.9 Å². The minimum absolute atomic E-state index is 0. The molecule has 0 unspecified atom stereocenters. The van der Waals surface area contributed by atoms with Crippen LogP contribution in [0.1, 0.15) is 30.2 Å². The van der Waals surface area contributed by atoms with E-state index in [0.29, 0.717) is 6.54 Å². The summed E-state index contributed by atoms with van der Waals surface area (Å²) < 4.78 is 15.3. The Hall–Kier alpha value is -2.07. The maximum atomic E-state index is 13.0. The third kappa shape index (κ3) is 3.39. The second-order valence-corrected chi connectivity index (χ2v) is 5.90. The number of hydrogen-bond donors (Lipinski definition) is 1. The standard InChI is InChI=1S/C19H22FN3.ClH/c1-4-11-23-14(3)13(2)17-9-10-21-19(18(17)23)22-12-15-5-7-16(20)8-6-15;/h5-10H,4,11-12H2,1-3H3,(H,21,22);1H. The van der Waals surface area contributed by atoms with Crippen LogP contribution in [0, 0.1) is 19.7 Å². The fourth-order valence-electron chi connectivity index (χ4n) is 3.02. The van der Waals surface area contributed by atoms with E-state index in [9.17, 15) is 4.39 Å². The molecule has 24 heavy (non-hydrogen) atoms. The third-order valence-corrected chi connectivity index (χ3v) is 4.37. The van der Waals surface area contributed by atoms with Crippen molar-refractivity contribution in [2.45, 2.75) is 40.3 Å². The van der Waals surface area contributed by atoms with Crippen molar-refractivity contribution in [1.29, 1.82) is 0 Å². The summed E-state index contributed by atoms with van der Waals surface area (Å²) in [4.78, 5) is 4.53. The van der Waals surface area contributed by atoms with Crippen LogP contribution in [0.4, 0.5) is 10.2 Å². The second-order valence-electron chi connectivity index (χ2n) is 5.90. The number of anilines is 1. The van der Waals surface area contributed by atoms with Gasteiger partial charge in [-0.05, 0) is 49.6 Å². The topological polar surface area (TPSA) is 29.9 Å². The number of rotatable bonds is 5. The van der Waals surface area contributed by atoms with Crippen LogP contribution in [0.15, 0.2) is 36.5 Å². The van der Waals surface area contributed by atoms with Gasteiger partial charge < -0.3 is 9.88 Å². The predicted molar refractivity (Wildman–Crippen MR) is 100 cm³/mol. The van der Waals surface area contributed by atoms with Gasteiger partial charge in [0.1, 0.15) is 5.82 Å². The van der Waals surface area contributed by atoms with Gasteiger partial charge in [-0.25, -0.2) is 9.37 Å². The molecule has 0 atom stereocenters. The second kappa shape index (κ2) is 7.67. The van der Waals surface area contributed by atoms with E-state index in [-0.39, 0.29) is 18.2 Å². The van der Waals surface area contributed by atoms with E-state index in [0.717, 1.165) is 29.9 Å². The first kappa shape index (κ1) is 18.3. The number of nitrogens with zero attached hydrogens (tertiary/aromatic N) is 2. The van der Waals surface area contributed by atoms with Gasteiger partial charge in [-0.15, -0.1) is 12.4 Å². The van der Waals surface area contributed by atoms with Crippen LogP contribution in [0.3, 0.4) is 0 Å². The van der Waals surface area contributed by atoms with Gasteiger partial charge in [0, 0.05) is 30.4 Å². The van der Waals surface area contributed by atoms with Gasteiger partial charge in [-0.1, -0.05) is 19.1 Å². The smallest absolute Gasteiger partial charge is 0.150 e. The van der Waals surface area contributed by atoms with Crippen molar-refractivity contribution in [2.24, 2.45) is 0 Å². The molecule has 3 aromatic rings. The zero-order chi connectivity index (χ0) is 16.4. The highest BCUT2D eigenvalue weighted by molar-refractivity contribution is 5.93. The van der Waals surface area contributed by atoms with Gasteiger partial charge in [-0.3, -0.25) is 0 Å². The third-order valence-electron chi connectivity index (χ3n) is 4.37. The van der Waals surface area contributed by atoms with Crippen molar-refractivity contribution >= 4 is 29.1 Å². The summed E-state index contributed by atoms with van der Waals surface area (Å²) in [6, 6.07) is 8.64. The molecule has 0 spiro atoms. The van der Waals surface area contributed by atoms with E-state index in [4.69, 9.17) is 0 Å². The number of benzene rings is 1. The average Bonchev–Trinajstić information content (AvgIpc) is 2.80. The summed E-state index contributed by atoms with van der Waals surface area (Å²) in [7, 11) is 0. The number of fused-ring (bicyclic) bond motifs is 1. The molecule has 0 bridgehead atoms. The molecule has 3 nitrogen and oxygen atoms in total. The van der Waals surface area contributed by atoms with Gasteiger partial charge >= 0.3 is 0 Å². The Morgan fingerprint density at radius 2 is 1.83 bits per heavy atom. The van der Waals surface area contributed by atoms with Gasteiger partial charge in [-0.2, -0.15) is 0 Å². The van der Waals surface area contributed by atoms with E-state index in [1.54, 1.807) is 12.1 Å². The summed E-state index contributed by atoms with van der Waals surface area (Å²) in [6.07, 6.45) is 2.93. The molecule has 0 fully saturated rings. The highest BCUT2D eigenvalue weighted by Crippen LogP contribution is 2.30. The normalized spacial score (nSPS) is 10.7. The Kier molecular flexibility index (Phi) is 5.84. The summed E-state index contributed by atoms with van der Waals surface area (Å²) in [5, 5.41) is 4.65. The van der Waals surface area contributed by atoms with Gasteiger partial charge in [0.2, 0.25) is 0 Å². The maximum Gasteiger partial charge on any atom is 0.150 e. The monoisotopic (exact) mass is 347 g/mol. The van der Waals surface area contributed by atoms with Crippen molar-refractivity contribution in [2.75, 3.05) is 5.32 Å². The largest absolute Gasteiger partial charge is 0.364 e. The van der Waals surface area contributed by atoms with E-state index in [1.807, 2.05) is 6.20 Å². The molecular formula is C19H23ClFN3. The fourth-order valence-corrected chi connectivity index (χ4v) is 3.02. The van der Waals surface area contributed by atoms with E-state index in [2.05, 4.69) is 41.7 Å². The molecule has 0 saturated carbocycles. The van der Waals surface area contributed by atoms with Crippen molar-refractivity contribution in [1.82, 2.24) is 9.55 Å². The maximum absolute atomic E-state index is 13.0. The lowest BCUT2D eigenvalue weighted by Gasteiger charge is -2.11. The van der Waals surface area contributed by atoms with E-state index in [1.165, 1.54) is 28.8 Å². The lowest BCUT2D eigenvalue weighted by Crippen LogP contribution is -2.06. The molecule has 0 aliphatic rings. The molecule has 5 heteroatoms. The SMILES string of the molecule is CCCn1c(C)c(C)c2ccnc(NCc3ccc(F)cc3)c21.Cl. The number of aromatic nitrogens is 2. The van der Waals surface area contributed by atoms with Crippen LogP contribution in [-0.4, -0.2) is 9.55 Å². The Morgan fingerprint density at radius 3 is 2.50 bits per heavy atom. The summed E-state index contributed by atoms with van der Waals surface area (Å²) in [5.41, 5.74) is 4.79. The molecule has 0 radical (unpaired) electrons. The molecule has 1 aromatic carbocycles. The van der Waals surface area contributed by atoms with Crippen LogP contribution < -0.4 is 5.32 Å². The zero-order valence-corrected chi connectivity index (χ0v) is 15.1. The van der Waals surface area contributed by atoms with Gasteiger partial charge in [0.15, 0.2) is 5.82 Å². The molecule has 128 valence electrons. The highest BCUT2D eigenvalue weighted by atomic mass is 35.5. The predicted octanol–water partition coefficient (Wildman–Crippen LogP) is 5.24. The Labute approximate surface area is 148 Å². The lowest BCUT2D eigenvalue weighted by molar-refractivity contribution is 0.627. The Bertz CT molecular complexity index is 825. The first-order valence-corrected chi connectivity index (χ1v) is 8.04. The average molecular weight is 348 g/mol. The minimum Gasteiger partial charge on any atom is -0.364 e. The molecule has 1 N–H and O–H groups in total. The van der Waals surface area contributed by atoms with E-state index < -0.39 is 0 Å². The first-order chi connectivity index (χ1) is 11.1. The van der Waals surface area contributed by atoms with E-state index >= 15 is 0 Å². The molecule has 3 rings (SSSR count). The summed E-state index contributed by atoms with van der Waals surface area (Å²) >= 11 is 0. The Morgan fingerprint density at radius 1 is 1.12 bits per heavy atom. The number of aryl methyl sites for hydroxylation is 2. The van der Waals surface area contributed by atoms with Gasteiger partial charge in [0.05, 0.1) is 5.52 Å². The number of halogens is 2. The van der Waals surface area contributed by atoms with Crippen molar-refractivity contribution < 1.29 is 4.39 Å². The molecular weight excluding hydrogens is 325 g/mol. The van der Waals surface area contributed by atoms with Crippen LogP contribution >= 0.6 is 12.4 Å². The molecule has 2 heterocycles.